The molecule has 7 heteroatoms. The second-order valence-electron chi connectivity index (χ2n) is 7.08. The van der Waals surface area contributed by atoms with Gasteiger partial charge in [-0.3, -0.25) is 0 Å². The molecule has 1 aliphatic rings. The minimum Gasteiger partial charge on any atom is -0.357 e. The molecule has 0 saturated carbocycles. The second kappa shape index (κ2) is 9.92. The number of benzene rings is 1. The van der Waals surface area contributed by atoms with Gasteiger partial charge in [-0.2, -0.15) is 4.31 Å². The van der Waals surface area contributed by atoms with Crippen LogP contribution in [0.4, 0.5) is 0 Å². The Labute approximate surface area is 158 Å². The highest BCUT2D eigenvalue weighted by Gasteiger charge is 2.25. The number of sulfonamides is 1. The Morgan fingerprint density at radius 3 is 2.58 bits per heavy atom. The third kappa shape index (κ3) is 5.99. The lowest BCUT2D eigenvalue weighted by molar-refractivity contribution is 0.346. The van der Waals surface area contributed by atoms with E-state index in [0.717, 1.165) is 43.9 Å². The number of nitrogens with zero attached hydrogens (tertiary/aromatic N) is 2. The van der Waals surface area contributed by atoms with Gasteiger partial charge in [0.2, 0.25) is 10.0 Å². The summed E-state index contributed by atoms with van der Waals surface area (Å²) in [7, 11) is -3.40. The van der Waals surface area contributed by atoms with Crippen LogP contribution in [0.5, 0.6) is 0 Å². The van der Waals surface area contributed by atoms with E-state index < -0.39 is 10.0 Å². The number of hydrogen-bond acceptors (Lipinski definition) is 3. The van der Waals surface area contributed by atoms with Gasteiger partial charge in [-0.05, 0) is 43.4 Å². The summed E-state index contributed by atoms with van der Waals surface area (Å²) in [6.07, 6.45) is 2.99. The van der Waals surface area contributed by atoms with Gasteiger partial charge in [0, 0.05) is 26.2 Å². The SMILES string of the molecule is CCNC(=NCc1cccc(S(=O)(=O)N2CCCCC2)c1)NCC(C)C. The molecule has 0 atom stereocenters. The molecule has 1 fully saturated rings. The molecule has 0 unspecified atom stereocenters. The molecule has 2 rings (SSSR count). The summed E-state index contributed by atoms with van der Waals surface area (Å²) in [6, 6.07) is 7.15. The fraction of sp³-hybridized carbons (Fsp3) is 0.632. The van der Waals surface area contributed by atoms with Gasteiger partial charge in [0.25, 0.3) is 0 Å². The summed E-state index contributed by atoms with van der Waals surface area (Å²) in [6.45, 7) is 9.62. The first-order valence-corrected chi connectivity index (χ1v) is 11.0. The molecular formula is C19H32N4O2S. The Balaban J connectivity index is 2.11. The molecule has 0 aliphatic carbocycles. The highest BCUT2D eigenvalue weighted by molar-refractivity contribution is 7.89. The number of rotatable bonds is 7. The minimum absolute atomic E-state index is 0.368. The zero-order valence-electron chi connectivity index (χ0n) is 16.2. The number of nitrogens with one attached hydrogen (secondary N) is 2. The van der Waals surface area contributed by atoms with Crippen LogP contribution in [0.25, 0.3) is 0 Å². The maximum Gasteiger partial charge on any atom is 0.243 e. The van der Waals surface area contributed by atoms with Gasteiger partial charge in [-0.15, -0.1) is 0 Å². The van der Waals surface area contributed by atoms with Crippen LogP contribution in [0.3, 0.4) is 0 Å². The maximum atomic E-state index is 12.8. The first-order chi connectivity index (χ1) is 12.4. The zero-order chi connectivity index (χ0) is 19.0. The number of aliphatic imine (C=N–C) groups is 1. The fourth-order valence-electron chi connectivity index (χ4n) is 2.87. The molecule has 1 aromatic rings. The van der Waals surface area contributed by atoms with Crippen LogP contribution >= 0.6 is 0 Å². The van der Waals surface area contributed by atoms with Gasteiger partial charge in [0.05, 0.1) is 11.4 Å². The summed E-state index contributed by atoms with van der Waals surface area (Å²) in [5.74, 6) is 1.28. The summed E-state index contributed by atoms with van der Waals surface area (Å²) in [4.78, 5) is 4.95. The van der Waals surface area contributed by atoms with Gasteiger partial charge in [-0.25, -0.2) is 13.4 Å². The molecule has 0 radical (unpaired) electrons. The van der Waals surface area contributed by atoms with E-state index >= 15 is 0 Å². The second-order valence-corrected chi connectivity index (χ2v) is 9.02. The first-order valence-electron chi connectivity index (χ1n) is 9.54. The number of hydrogen-bond donors (Lipinski definition) is 2. The van der Waals surface area contributed by atoms with Crippen molar-refractivity contribution in [3.05, 3.63) is 29.8 Å². The van der Waals surface area contributed by atoms with E-state index in [0.29, 0.717) is 30.4 Å². The summed E-state index contributed by atoms with van der Waals surface area (Å²) >= 11 is 0. The lowest BCUT2D eigenvalue weighted by Gasteiger charge is -2.26. The van der Waals surface area contributed by atoms with Crippen molar-refractivity contribution < 1.29 is 8.42 Å². The zero-order valence-corrected chi connectivity index (χ0v) is 17.0. The monoisotopic (exact) mass is 380 g/mol. The Hall–Kier alpha value is -1.60. The molecule has 26 heavy (non-hydrogen) atoms. The Morgan fingerprint density at radius 2 is 1.92 bits per heavy atom. The highest BCUT2D eigenvalue weighted by atomic mass is 32.2. The van der Waals surface area contributed by atoms with Gasteiger partial charge in [0.15, 0.2) is 5.96 Å². The molecule has 1 aromatic carbocycles. The van der Waals surface area contributed by atoms with E-state index in [9.17, 15) is 8.42 Å². The predicted molar refractivity (Wildman–Crippen MR) is 107 cm³/mol. The van der Waals surface area contributed by atoms with Crippen molar-refractivity contribution in [3.8, 4) is 0 Å². The number of guanidine groups is 1. The van der Waals surface area contributed by atoms with E-state index in [1.165, 1.54) is 0 Å². The van der Waals surface area contributed by atoms with Gasteiger partial charge < -0.3 is 10.6 Å². The van der Waals surface area contributed by atoms with Crippen molar-refractivity contribution in [2.45, 2.75) is 51.5 Å². The molecule has 0 bridgehead atoms. The highest BCUT2D eigenvalue weighted by Crippen LogP contribution is 2.21. The van der Waals surface area contributed by atoms with Crippen molar-refractivity contribution in [2.75, 3.05) is 26.2 Å². The molecule has 146 valence electrons. The van der Waals surface area contributed by atoms with E-state index in [1.54, 1.807) is 22.5 Å². The Kier molecular flexibility index (Phi) is 7.90. The lowest BCUT2D eigenvalue weighted by Crippen LogP contribution is -2.39. The number of piperidine rings is 1. The molecular weight excluding hydrogens is 348 g/mol. The van der Waals surface area contributed by atoms with Crippen LogP contribution in [0.1, 0.15) is 45.6 Å². The third-order valence-corrected chi connectivity index (χ3v) is 6.19. The lowest BCUT2D eigenvalue weighted by atomic mass is 10.2. The van der Waals surface area contributed by atoms with Crippen LogP contribution in [-0.2, 0) is 16.6 Å². The molecule has 6 nitrogen and oxygen atoms in total. The van der Waals surface area contributed by atoms with E-state index in [-0.39, 0.29) is 0 Å². The van der Waals surface area contributed by atoms with Crippen molar-refractivity contribution in [3.63, 3.8) is 0 Å². The Morgan fingerprint density at radius 1 is 1.19 bits per heavy atom. The molecule has 2 N–H and O–H groups in total. The van der Waals surface area contributed by atoms with Crippen LogP contribution < -0.4 is 10.6 Å². The van der Waals surface area contributed by atoms with Crippen molar-refractivity contribution in [1.82, 2.24) is 14.9 Å². The Bertz CT molecular complexity index is 695. The van der Waals surface area contributed by atoms with Crippen molar-refractivity contribution in [2.24, 2.45) is 10.9 Å². The van der Waals surface area contributed by atoms with Crippen molar-refractivity contribution >= 4 is 16.0 Å². The predicted octanol–water partition coefficient (Wildman–Crippen LogP) is 2.57. The molecule has 1 heterocycles. The topological polar surface area (TPSA) is 73.8 Å². The molecule has 1 saturated heterocycles. The normalized spacial score (nSPS) is 16.7. The third-order valence-electron chi connectivity index (χ3n) is 4.29. The molecule has 0 aromatic heterocycles. The van der Waals surface area contributed by atoms with E-state index in [2.05, 4.69) is 29.5 Å². The minimum atomic E-state index is -3.40. The average Bonchev–Trinajstić information content (AvgIpc) is 2.65. The maximum absolute atomic E-state index is 12.8. The van der Waals surface area contributed by atoms with E-state index in [4.69, 9.17) is 0 Å². The quantitative estimate of drug-likeness (QED) is 0.563. The molecule has 0 amide bonds. The van der Waals surface area contributed by atoms with Gasteiger partial charge in [-0.1, -0.05) is 32.4 Å². The average molecular weight is 381 g/mol. The van der Waals surface area contributed by atoms with E-state index in [1.807, 2.05) is 13.0 Å². The first kappa shape index (κ1) is 20.7. The van der Waals surface area contributed by atoms with Crippen LogP contribution in [0, 0.1) is 5.92 Å². The summed E-state index contributed by atoms with van der Waals surface area (Å²) < 4.78 is 27.3. The van der Waals surface area contributed by atoms with Crippen molar-refractivity contribution in [1.29, 1.82) is 0 Å². The molecule has 1 aliphatic heterocycles. The smallest absolute Gasteiger partial charge is 0.243 e. The van der Waals surface area contributed by atoms with Crippen LogP contribution in [-0.4, -0.2) is 44.9 Å². The van der Waals surface area contributed by atoms with Crippen LogP contribution in [0.15, 0.2) is 34.2 Å². The molecule has 0 spiro atoms. The van der Waals surface area contributed by atoms with Crippen LogP contribution in [0.2, 0.25) is 0 Å². The standard InChI is InChI=1S/C19H32N4O2S/c1-4-20-19(21-14-16(2)3)22-15-17-9-8-10-18(13-17)26(24,25)23-11-6-5-7-12-23/h8-10,13,16H,4-7,11-12,14-15H2,1-3H3,(H2,20,21,22). The van der Waals surface area contributed by atoms with Gasteiger partial charge in [0.1, 0.15) is 0 Å². The summed E-state index contributed by atoms with van der Waals surface area (Å²) in [5.41, 5.74) is 0.893. The summed E-state index contributed by atoms with van der Waals surface area (Å²) in [5, 5.41) is 6.52. The van der Waals surface area contributed by atoms with Gasteiger partial charge >= 0.3 is 0 Å². The fourth-order valence-corrected chi connectivity index (χ4v) is 4.46. The largest absolute Gasteiger partial charge is 0.357 e.